The fourth-order valence-corrected chi connectivity index (χ4v) is 6.30. The Morgan fingerprint density at radius 1 is 1.18 bits per heavy atom. The summed E-state index contributed by atoms with van der Waals surface area (Å²) >= 11 is 6.56. The highest BCUT2D eigenvalue weighted by molar-refractivity contribution is 6.34. The molecule has 38 heavy (non-hydrogen) atoms. The number of aromatic nitrogens is 2. The molecule has 7 rings (SSSR count). The Kier molecular flexibility index (Phi) is 5.05. The van der Waals surface area contributed by atoms with E-state index in [-0.39, 0.29) is 45.5 Å². The van der Waals surface area contributed by atoms with Gasteiger partial charge in [-0.25, -0.2) is 8.78 Å². The molecule has 1 amide bonds. The van der Waals surface area contributed by atoms with Crippen LogP contribution in [0.15, 0.2) is 53.1 Å². The summed E-state index contributed by atoms with van der Waals surface area (Å²) in [5, 5.41) is 10.1. The topological polar surface area (TPSA) is 106 Å². The minimum atomic E-state index is -0.894. The number of rotatable bonds is 4. The molecular weight excluding hydrogens is 514 g/mol. The third-order valence-corrected chi connectivity index (χ3v) is 8.10. The summed E-state index contributed by atoms with van der Waals surface area (Å²) in [6.07, 6.45) is 3.48. The number of fused-ring (bicyclic) bond motifs is 4. The van der Waals surface area contributed by atoms with Gasteiger partial charge in [-0.3, -0.25) is 9.89 Å². The van der Waals surface area contributed by atoms with E-state index < -0.39 is 23.1 Å². The Balaban J connectivity index is 1.51. The van der Waals surface area contributed by atoms with Crippen LogP contribution < -0.4 is 15.8 Å². The first-order valence-electron chi connectivity index (χ1n) is 12.3. The normalized spacial score (nSPS) is 20.8. The number of amides is 1. The number of ether oxygens (including phenoxy) is 1. The summed E-state index contributed by atoms with van der Waals surface area (Å²) in [5.74, 6) is -2.32. The number of H-pyrrole nitrogens is 1. The van der Waals surface area contributed by atoms with Crippen molar-refractivity contribution < 1.29 is 22.7 Å². The first kappa shape index (κ1) is 23.2. The van der Waals surface area contributed by atoms with Gasteiger partial charge in [-0.05, 0) is 31.0 Å². The average molecular weight is 535 g/mol. The number of benzene rings is 3. The predicted molar refractivity (Wildman–Crippen MR) is 138 cm³/mol. The Morgan fingerprint density at radius 3 is 2.74 bits per heavy atom. The monoisotopic (exact) mass is 534 g/mol. The average Bonchev–Trinajstić information content (AvgIpc) is 3.70. The van der Waals surface area contributed by atoms with E-state index in [9.17, 15) is 4.79 Å². The van der Waals surface area contributed by atoms with Crippen molar-refractivity contribution in [3.8, 4) is 16.9 Å². The lowest BCUT2D eigenvalue weighted by molar-refractivity contribution is 0.0539. The molecule has 1 fully saturated rings. The number of carbonyl (C=O) groups is 1. The van der Waals surface area contributed by atoms with E-state index in [1.807, 2.05) is 30.3 Å². The van der Waals surface area contributed by atoms with Gasteiger partial charge in [-0.2, -0.15) is 5.10 Å². The maximum atomic E-state index is 16.3. The number of primary amides is 1. The van der Waals surface area contributed by atoms with Gasteiger partial charge in [0, 0.05) is 29.2 Å². The highest BCUT2D eigenvalue weighted by Crippen LogP contribution is 2.52. The van der Waals surface area contributed by atoms with Crippen LogP contribution >= 0.6 is 11.6 Å². The number of nitrogens with zero attached hydrogens (tertiary/aromatic N) is 1. The van der Waals surface area contributed by atoms with Crippen LogP contribution in [0, 0.1) is 11.6 Å². The third kappa shape index (κ3) is 3.15. The highest BCUT2D eigenvalue weighted by Gasteiger charge is 2.50. The molecule has 4 heterocycles. The van der Waals surface area contributed by atoms with Crippen molar-refractivity contribution in [1.82, 2.24) is 15.5 Å². The smallest absolute Gasteiger partial charge is 0.249 e. The van der Waals surface area contributed by atoms with Crippen LogP contribution in [0.25, 0.3) is 33.2 Å². The van der Waals surface area contributed by atoms with Crippen molar-refractivity contribution in [1.29, 1.82) is 0 Å². The Bertz CT molecular complexity index is 1760. The second-order valence-corrected chi connectivity index (χ2v) is 10.2. The maximum Gasteiger partial charge on any atom is 0.249 e. The van der Waals surface area contributed by atoms with Gasteiger partial charge < -0.3 is 20.2 Å². The lowest BCUT2D eigenvalue weighted by Crippen LogP contribution is -2.48. The van der Waals surface area contributed by atoms with Crippen LogP contribution in [0.4, 0.5) is 8.78 Å². The van der Waals surface area contributed by atoms with Gasteiger partial charge in [0.25, 0.3) is 0 Å². The lowest BCUT2D eigenvalue weighted by Gasteiger charge is -2.35. The fraction of sp³-hybridized carbons (Fsp3) is 0.214. The van der Waals surface area contributed by atoms with E-state index >= 15 is 8.78 Å². The van der Waals surface area contributed by atoms with E-state index in [1.54, 1.807) is 0 Å². The molecule has 4 N–H and O–H groups in total. The molecule has 0 aliphatic carbocycles. The number of halogens is 3. The molecule has 192 valence electrons. The highest BCUT2D eigenvalue weighted by atomic mass is 35.5. The minimum Gasteiger partial charge on any atom is -0.480 e. The standard InChI is InChI=1S/C28H21ClF2N4O3/c29-23-17(30)10-18-16(11-28(38-18,20-7-4-8-33-20)13-5-2-1-3-6-13)21(23)22-14(27(32)36)9-15-25-19(12-34-35-25)37-26(15)24(22)31/h1-3,5-6,9-10,12,20,33H,4,7-8,11H2,(H2,32,36)(H,34,35)/t20-,28-/m0/s1. The largest absolute Gasteiger partial charge is 0.480 e. The molecule has 0 bridgehead atoms. The number of hydrogen-bond acceptors (Lipinski definition) is 5. The quantitative estimate of drug-likeness (QED) is 0.279. The molecule has 7 nitrogen and oxygen atoms in total. The second-order valence-electron chi connectivity index (χ2n) is 9.77. The van der Waals surface area contributed by atoms with E-state index in [2.05, 4.69) is 15.5 Å². The fourth-order valence-electron chi connectivity index (χ4n) is 6.03. The third-order valence-electron chi connectivity index (χ3n) is 7.73. The van der Waals surface area contributed by atoms with Crippen molar-refractivity contribution in [3.63, 3.8) is 0 Å². The SMILES string of the molecule is NC(=O)c1cc2c(oc3cn[nH]c32)c(F)c1-c1c(Cl)c(F)cc2c1C[C@](c1ccccc1)([C@@H]1CCCN1)O2. The molecule has 5 aromatic rings. The molecule has 3 aromatic carbocycles. The number of furan rings is 1. The van der Waals surface area contributed by atoms with Crippen LogP contribution in [0.1, 0.15) is 34.3 Å². The number of carbonyl (C=O) groups excluding carboxylic acids is 1. The molecule has 1 saturated heterocycles. The molecular formula is C28H21ClF2N4O3. The van der Waals surface area contributed by atoms with E-state index in [1.165, 1.54) is 18.3 Å². The van der Waals surface area contributed by atoms with Gasteiger partial charge in [0.2, 0.25) is 5.91 Å². The summed E-state index contributed by atoms with van der Waals surface area (Å²) in [6.45, 7) is 0.818. The lowest BCUT2D eigenvalue weighted by atomic mass is 9.80. The van der Waals surface area contributed by atoms with E-state index in [0.717, 1.165) is 24.9 Å². The molecule has 0 unspecified atom stereocenters. The van der Waals surface area contributed by atoms with Crippen LogP contribution in [-0.4, -0.2) is 28.7 Å². The number of nitrogens with two attached hydrogens (primary N) is 1. The molecule has 2 aliphatic heterocycles. The zero-order valence-corrected chi connectivity index (χ0v) is 20.7. The zero-order chi connectivity index (χ0) is 26.2. The predicted octanol–water partition coefficient (Wildman–Crippen LogP) is 5.59. The van der Waals surface area contributed by atoms with Gasteiger partial charge >= 0.3 is 0 Å². The summed E-state index contributed by atoms with van der Waals surface area (Å²) < 4.78 is 44.0. The Hall–Kier alpha value is -3.95. The van der Waals surface area contributed by atoms with Crippen LogP contribution in [-0.2, 0) is 12.0 Å². The molecule has 0 radical (unpaired) electrons. The first-order chi connectivity index (χ1) is 18.4. The van der Waals surface area contributed by atoms with E-state index in [4.69, 9.17) is 26.5 Å². The summed E-state index contributed by atoms with van der Waals surface area (Å²) in [4.78, 5) is 12.7. The van der Waals surface area contributed by atoms with Crippen LogP contribution in [0.2, 0.25) is 5.02 Å². The number of hydrogen-bond donors (Lipinski definition) is 3. The van der Waals surface area contributed by atoms with Gasteiger partial charge in [0.1, 0.15) is 17.1 Å². The van der Waals surface area contributed by atoms with Gasteiger partial charge in [-0.1, -0.05) is 41.9 Å². The maximum absolute atomic E-state index is 16.3. The Morgan fingerprint density at radius 2 is 2.00 bits per heavy atom. The van der Waals surface area contributed by atoms with Crippen molar-refractivity contribution in [2.24, 2.45) is 5.73 Å². The number of nitrogens with one attached hydrogen (secondary N) is 2. The summed E-state index contributed by atoms with van der Waals surface area (Å²) in [5.41, 5.74) is 6.51. The van der Waals surface area contributed by atoms with Crippen molar-refractivity contribution in [2.75, 3.05) is 6.54 Å². The van der Waals surface area contributed by atoms with Crippen molar-refractivity contribution in [2.45, 2.75) is 30.9 Å². The minimum absolute atomic E-state index is 0.0313. The molecule has 2 aromatic heterocycles. The molecule has 2 atom stereocenters. The van der Waals surface area contributed by atoms with Gasteiger partial charge in [0.15, 0.2) is 22.6 Å². The summed E-state index contributed by atoms with van der Waals surface area (Å²) in [7, 11) is 0. The molecule has 2 aliphatic rings. The van der Waals surface area contributed by atoms with Crippen molar-refractivity contribution >= 4 is 39.6 Å². The molecule has 10 heteroatoms. The Labute approximate surface area is 219 Å². The second kappa shape index (κ2) is 8.28. The van der Waals surface area contributed by atoms with Gasteiger partial charge in [0.05, 0.1) is 28.2 Å². The van der Waals surface area contributed by atoms with Gasteiger partial charge in [-0.15, -0.1) is 0 Å². The van der Waals surface area contributed by atoms with E-state index in [0.29, 0.717) is 22.0 Å². The summed E-state index contributed by atoms with van der Waals surface area (Å²) in [6, 6.07) is 12.2. The van der Waals surface area contributed by atoms with Crippen molar-refractivity contribution in [3.05, 3.63) is 82.0 Å². The number of aromatic amines is 1. The first-order valence-corrected chi connectivity index (χ1v) is 12.6. The van der Waals surface area contributed by atoms with Crippen LogP contribution in [0.3, 0.4) is 0 Å². The zero-order valence-electron chi connectivity index (χ0n) is 19.9. The molecule has 0 spiro atoms. The molecule has 0 saturated carbocycles. The van der Waals surface area contributed by atoms with Crippen LogP contribution in [0.5, 0.6) is 5.75 Å².